The third-order valence-electron chi connectivity index (χ3n) is 15.5. The maximum Gasteiger partial charge on any atom is 0.343 e. The summed E-state index contributed by atoms with van der Waals surface area (Å²) >= 11 is 2.46. The van der Waals surface area contributed by atoms with Crippen LogP contribution in [-0.2, 0) is 69.4 Å². The van der Waals surface area contributed by atoms with E-state index in [2.05, 4.69) is 67.0 Å². The minimum Gasteiger partial charge on any atom is -0.458 e. The van der Waals surface area contributed by atoms with Crippen molar-refractivity contribution in [2.75, 3.05) is 11.0 Å². The lowest BCUT2D eigenvalue weighted by atomic mass is 9.86. The Bertz CT molecular complexity index is 3010. The van der Waals surface area contributed by atoms with Crippen LogP contribution in [0.2, 0.25) is 50.4 Å². The molecule has 0 bridgehead atoms. The summed E-state index contributed by atoms with van der Waals surface area (Å²) < 4.78 is 15.1. The minimum absolute atomic E-state index is 0.106. The van der Waals surface area contributed by atoms with Gasteiger partial charge in [0.2, 0.25) is 0 Å². The molecule has 0 unspecified atom stereocenters. The van der Waals surface area contributed by atoms with Crippen LogP contribution in [0.1, 0.15) is 84.0 Å². The molecule has 3 N–H and O–H groups in total. The average molecular weight is 1100 g/mol. The lowest BCUT2D eigenvalue weighted by molar-refractivity contribution is -0.172. The van der Waals surface area contributed by atoms with Crippen LogP contribution >= 0.6 is 22.6 Å². The topological polar surface area (TPSA) is 183 Å². The molecular weight excluding hydrogens is 1030 g/mol. The molecule has 0 spiro atoms. The normalized spacial score (nSPS) is 18.8. The maximum atomic E-state index is 13.6. The molecule has 0 aliphatic carbocycles. The summed E-state index contributed by atoms with van der Waals surface area (Å²) in [5.74, 6) is -1.40. The quantitative estimate of drug-likeness (QED) is 0.0409. The van der Waals surface area contributed by atoms with E-state index < -0.39 is 39.3 Å². The molecule has 368 valence electrons. The molecule has 0 saturated carbocycles. The van der Waals surface area contributed by atoms with Crippen molar-refractivity contribution in [2.24, 2.45) is 0 Å². The van der Waals surface area contributed by atoms with Crippen LogP contribution in [0, 0.1) is 0 Å². The number of carbonyl (C=O) groups is 2. The van der Waals surface area contributed by atoms with Crippen molar-refractivity contribution in [1.82, 2.24) is 19.1 Å². The second-order valence-electron chi connectivity index (χ2n) is 21.0. The fraction of sp³-hybridized carbons (Fsp3) is 0.444. The van der Waals surface area contributed by atoms with E-state index in [0.717, 1.165) is 75.7 Å². The summed E-state index contributed by atoms with van der Waals surface area (Å²) in [6.07, 6.45) is 4.22. The number of hydrogen-bond donors (Lipinski definition) is 3. The van der Waals surface area contributed by atoms with Gasteiger partial charge in [-0.05, 0) is 78.3 Å². The standard InChI is InChI=1S/C27H31IN2O4Si.C27H32N2O5Si/c1-4-27(33)21-14-23-24-19(15-30(23)25(31)20(21)16-34-26(27)32)17(10-13-35(2,3)12-7-11-28)18-8-5-6-9-22(18)29-24;1-4-27(33)21-14-23-24-19(15-29(23)25(31)20(21)16-34-26(27)32)17(10-13-35(2,3)12-7-11-30)18-8-5-6-9-22(18)28-24/h5-6,8-9,14,33H,4,7,10-13,15-16H2,1-3H3;5-6,8-9,14,30,33H,4,7,10-13,15-16H2,1-3H3/t2*27-/m00/s1. The second-order valence-corrected chi connectivity index (χ2v) is 32.8. The van der Waals surface area contributed by atoms with Gasteiger partial charge in [-0.15, -0.1) is 0 Å². The molecule has 0 radical (unpaired) electrons. The molecular formula is C54H63IN4O9Si2. The molecule has 8 heterocycles. The zero-order valence-corrected chi connectivity index (χ0v) is 45.2. The Morgan fingerprint density at radius 1 is 0.629 bits per heavy atom. The number of ether oxygens (including phenoxy) is 2. The molecule has 4 aromatic heterocycles. The van der Waals surface area contributed by atoms with E-state index in [1.807, 2.05) is 30.3 Å². The fourth-order valence-electron chi connectivity index (χ4n) is 11.1. The number of aryl methyl sites for hydroxylation is 2. The molecule has 0 saturated heterocycles. The second kappa shape index (κ2) is 19.3. The molecule has 2 atom stereocenters. The predicted molar refractivity (Wildman–Crippen MR) is 286 cm³/mol. The molecule has 10 rings (SSSR count). The van der Waals surface area contributed by atoms with E-state index in [0.29, 0.717) is 46.7 Å². The summed E-state index contributed by atoms with van der Waals surface area (Å²) in [7, 11) is -2.86. The Hall–Kier alpha value is -4.86. The van der Waals surface area contributed by atoms with Crippen molar-refractivity contribution in [3.63, 3.8) is 0 Å². The number of aliphatic hydroxyl groups is 3. The molecule has 0 fully saturated rings. The van der Waals surface area contributed by atoms with Gasteiger partial charge in [-0.2, -0.15) is 0 Å². The predicted octanol–water partition coefficient (Wildman–Crippen LogP) is 8.87. The van der Waals surface area contributed by atoms with Gasteiger partial charge >= 0.3 is 11.9 Å². The highest BCUT2D eigenvalue weighted by Crippen LogP contribution is 2.43. The Labute approximate surface area is 423 Å². The average Bonchev–Trinajstić information content (AvgIpc) is 3.92. The number of alkyl halides is 1. The third-order valence-corrected chi connectivity index (χ3v) is 22.9. The number of aliphatic hydroxyl groups excluding tert-OH is 1. The maximum absolute atomic E-state index is 13.6. The highest BCUT2D eigenvalue weighted by Gasteiger charge is 2.47. The van der Waals surface area contributed by atoms with Crippen molar-refractivity contribution in [1.29, 1.82) is 0 Å². The molecule has 4 aliphatic heterocycles. The van der Waals surface area contributed by atoms with E-state index in [1.165, 1.54) is 34.1 Å². The molecule has 70 heavy (non-hydrogen) atoms. The first-order valence-electron chi connectivity index (χ1n) is 24.7. The summed E-state index contributed by atoms with van der Waals surface area (Å²) in [5, 5.41) is 33.8. The van der Waals surface area contributed by atoms with Crippen LogP contribution in [0.25, 0.3) is 44.6 Å². The van der Waals surface area contributed by atoms with Crippen molar-refractivity contribution < 1.29 is 34.4 Å². The zero-order valence-electron chi connectivity index (χ0n) is 41.0. The number of pyridine rings is 4. The van der Waals surface area contributed by atoms with E-state index in [-0.39, 0.29) is 43.8 Å². The summed E-state index contributed by atoms with van der Waals surface area (Å²) in [4.78, 5) is 61.9. The van der Waals surface area contributed by atoms with Gasteiger partial charge in [0.25, 0.3) is 11.1 Å². The van der Waals surface area contributed by atoms with E-state index in [9.17, 15) is 34.5 Å². The number of fused-ring (bicyclic) bond motifs is 10. The van der Waals surface area contributed by atoms with Gasteiger partial charge in [0.15, 0.2) is 11.2 Å². The highest BCUT2D eigenvalue weighted by molar-refractivity contribution is 14.1. The molecule has 16 heteroatoms. The number of para-hydroxylation sites is 2. The lowest BCUT2D eigenvalue weighted by Crippen LogP contribution is -2.44. The molecule has 13 nitrogen and oxygen atoms in total. The van der Waals surface area contributed by atoms with Gasteiger partial charge in [-0.25, -0.2) is 19.6 Å². The Morgan fingerprint density at radius 3 is 1.44 bits per heavy atom. The number of esters is 2. The first-order valence-corrected chi connectivity index (χ1v) is 33.1. The summed E-state index contributed by atoms with van der Waals surface area (Å²) in [6.45, 7) is 14.0. The number of carbonyl (C=O) groups excluding carboxylic acids is 2. The van der Waals surface area contributed by atoms with E-state index in [4.69, 9.17) is 19.4 Å². The Balaban J connectivity index is 0.000000174. The number of aromatic nitrogens is 4. The first kappa shape index (κ1) is 50.1. The van der Waals surface area contributed by atoms with Crippen LogP contribution < -0.4 is 11.1 Å². The molecule has 4 aliphatic rings. The number of nitrogens with zero attached hydrogens (tertiary/aromatic N) is 4. The monoisotopic (exact) mass is 1090 g/mol. The van der Waals surface area contributed by atoms with Gasteiger partial charge in [0.05, 0.1) is 58.0 Å². The van der Waals surface area contributed by atoms with Gasteiger partial charge in [-0.3, -0.25) is 9.59 Å². The van der Waals surface area contributed by atoms with Crippen LogP contribution in [0.3, 0.4) is 0 Å². The van der Waals surface area contributed by atoms with Crippen molar-refractivity contribution in [3.8, 4) is 22.8 Å². The molecule has 2 aromatic carbocycles. The van der Waals surface area contributed by atoms with Gasteiger partial charge < -0.3 is 33.9 Å². The number of benzene rings is 2. The first-order chi connectivity index (χ1) is 33.4. The van der Waals surface area contributed by atoms with Gasteiger partial charge in [-0.1, -0.05) is 123 Å². The molecule has 0 amide bonds. The number of halogens is 1. The Morgan fingerprint density at radius 2 is 1.04 bits per heavy atom. The summed E-state index contributed by atoms with van der Waals surface area (Å²) in [6, 6.07) is 24.5. The zero-order chi connectivity index (χ0) is 49.9. The van der Waals surface area contributed by atoms with E-state index >= 15 is 0 Å². The number of cyclic esters (lactones) is 2. The third kappa shape index (κ3) is 8.73. The SMILES string of the molecule is CC[C@@]1(O)C(=O)OCc2c1cc1n(c2=O)Cc2c-1nc1ccccc1c2CC[Si](C)(C)CCCI.CC[C@@]1(O)C(=O)OCc2c1cc1n(c2=O)Cc2c-1nc1ccccc1c2CC[Si](C)(C)CCCO. The van der Waals surface area contributed by atoms with Crippen molar-refractivity contribution >= 4 is 72.5 Å². The van der Waals surface area contributed by atoms with Gasteiger partial charge in [0.1, 0.15) is 13.2 Å². The van der Waals surface area contributed by atoms with E-state index in [1.54, 1.807) is 35.1 Å². The smallest absolute Gasteiger partial charge is 0.343 e. The van der Waals surface area contributed by atoms with Crippen LogP contribution in [-0.4, -0.2) is 73.5 Å². The van der Waals surface area contributed by atoms with Crippen LogP contribution in [0.5, 0.6) is 0 Å². The molecule has 6 aromatic rings. The minimum atomic E-state index is -1.83. The van der Waals surface area contributed by atoms with Crippen molar-refractivity contribution in [3.05, 3.63) is 126 Å². The number of hydrogen-bond acceptors (Lipinski definition) is 11. The summed E-state index contributed by atoms with van der Waals surface area (Å²) in [5.41, 5.74) is 6.64. The Kier molecular flexibility index (Phi) is 13.8. The fourth-order valence-corrected chi connectivity index (χ4v) is 16.8. The lowest BCUT2D eigenvalue weighted by Gasteiger charge is -2.31. The van der Waals surface area contributed by atoms with Gasteiger partial charge in [0, 0.05) is 55.8 Å². The van der Waals surface area contributed by atoms with Crippen LogP contribution in [0.15, 0.2) is 70.3 Å². The van der Waals surface area contributed by atoms with Crippen molar-refractivity contribution in [2.45, 2.75) is 140 Å². The number of rotatable bonds is 14. The highest BCUT2D eigenvalue weighted by atomic mass is 127. The van der Waals surface area contributed by atoms with Crippen LogP contribution in [0.4, 0.5) is 0 Å². The largest absolute Gasteiger partial charge is 0.458 e.